The summed E-state index contributed by atoms with van der Waals surface area (Å²) in [7, 11) is 0. The van der Waals surface area contributed by atoms with Crippen LogP contribution in [0.5, 0.6) is 0 Å². The number of aryl methyl sites for hydroxylation is 4. The van der Waals surface area contributed by atoms with E-state index >= 15 is 0 Å². The maximum Gasteiger partial charge on any atom is 0.344 e. The van der Waals surface area contributed by atoms with Gasteiger partial charge in [-0.05, 0) is 97.7 Å². The molecule has 44 heavy (non-hydrogen) atoms. The van der Waals surface area contributed by atoms with Crippen LogP contribution in [0.2, 0.25) is 0 Å². The van der Waals surface area contributed by atoms with Gasteiger partial charge in [0.05, 0.1) is 11.1 Å². The Hall–Kier alpha value is -5.34. The monoisotopic (exact) mass is 624 g/mol. The average Bonchev–Trinajstić information content (AvgIpc) is 3.63. The Kier molecular flexibility index (Phi) is 9.12. The Morgan fingerprint density at radius 1 is 0.682 bits per heavy atom. The first-order chi connectivity index (χ1) is 21.1. The molecule has 6 rings (SSSR count). The van der Waals surface area contributed by atoms with E-state index in [1.165, 1.54) is 28.7 Å². The summed E-state index contributed by atoms with van der Waals surface area (Å²) in [6.45, 7) is 8.16. The molecule has 4 N–H and O–H groups in total. The lowest BCUT2D eigenvalue weighted by Crippen LogP contribution is -1.98. The molecule has 0 bridgehead atoms. The number of nitrogens with two attached hydrogens (primary N) is 1. The number of hydrogen-bond donors (Lipinski definition) is 3. The number of nitrogen functional groups attached to an aromatic ring is 1. The van der Waals surface area contributed by atoms with E-state index in [0.29, 0.717) is 27.6 Å². The van der Waals surface area contributed by atoms with Crippen molar-refractivity contribution < 1.29 is 4.92 Å². The molecule has 0 radical (unpaired) electrons. The maximum atomic E-state index is 10.7. The number of nitrogens with zero attached hydrogens (tertiary/aromatic N) is 7. The van der Waals surface area contributed by atoms with Crippen molar-refractivity contribution in [3.8, 4) is 21.4 Å². The molecule has 0 fully saturated rings. The molecule has 4 heterocycles. The molecule has 0 amide bonds. The smallest absolute Gasteiger partial charge is 0.344 e. The van der Waals surface area contributed by atoms with Gasteiger partial charge < -0.3 is 16.4 Å². The molecule has 222 valence electrons. The van der Waals surface area contributed by atoms with Gasteiger partial charge in [0.2, 0.25) is 11.9 Å². The van der Waals surface area contributed by atoms with Crippen molar-refractivity contribution in [2.45, 2.75) is 27.7 Å². The van der Waals surface area contributed by atoms with E-state index in [0.717, 1.165) is 44.5 Å². The van der Waals surface area contributed by atoms with Gasteiger partial charge in [-0.3, -0.25) is 10.1 Å². The van der Waals surface area contributed by atoms with Crippen molar-refractivity contribution in [1.29, 1.82) is 0 Å². The molecule has 0 saturated heterocycles. The molecule has 0 saturated carbocycles. The third-order valence-electron chi connectivity index (χ3n) is 5.90. The molecule has 0 aliphatic heterocycles. The van der Waals surface area contributed by atoms with Crippen LogP contribution in [-0.4, -0.2) is 34.8 Å². The highest BCUT2D eigenvalue weighted by Crippen LogP contribution is 2.29. The van der Waals surface area contributed by atoms with Crippen LogP contribution in [-0.2, 0) is 0 Å². The molecule has 6 aromatic rings. The summed E-state index contributed by atoms with van der Waals surface area (Å²) in [4.78, 5) is 35.9. The molecule has 0 unspecified atom stereocenters. The van der Waals surface area contributed by atoms with E-state index in [4.69, 9.17) is 5.73 Å². The van der Waals surface area contributed by atoms with E-state index in [2.05, 4.69) is 78.7 Å². The molecular formula is C30H28N10O2S2. The summed E-state index contributed by atoms with van der Waals surface area (Å²) in [5, 5.41) is 19.1. The summed E-state index contributed by atoms with van der Waals surface area (Å²) in [6, 6.07) is 15.8. The van der Waals surface area contributed by atoms with Gasteiger partial charge in [-0.25, -0.2) is 29.9 Å². The molecule has 0 aliphatic rings. The minimum atomic E-state index is -0.461. The van der Waals surface area contributed by atoms with Gasteiger partial charge in [-0.15, -0.1) is 0 Å². The summed E-state index contributed by atoms with van der Waals surface area (Å²) >= 11 is 2.40. The van der Waals surface area contributed by atoms with E-state index < -0.39 is 4.92 Å². The second-order valence-corrected chi connectivity index (χ2v) is 11.9. The van der Waals surface area contributed by atoms with Gasteiger partial charge in [-0.2, -0.15) is 0 Å². The van der Waals surface area contributed by atoms with Crippen LogP contribution in [0.25, 0.3) is 21.4 Å². The Morgan fingerprint density at radius 3 is 1.55 bits per heavy atom. The first-order valence-electron chi connectivity index (χ1n) is 13.3. The number of hydrogen-bond acceptors (Lipinski definition) is 13. The highest BCUT2D eigenvalue weighted by Gasteiger charge is 2.14. The van der Waals surface area contributed by atoms with Gasteiger partial charge >= 0.3 is 5.00 Å². The standard InChI is InChI=1S/C15H13N5O2S.C15H15N5S/c1-9-5-10(2)7-11(6-9)18-15-16-4-3-12(19-15)14-17-8-13(23-14)20(21)22;1-9-5-10(2)7-11(6-9)19-15-17-4-3-12(20-15)14-18-8-13(16)21-14/h3-8H,1-2H3,(H,16,18,19);3-8H,16H2,1-2H3,(H,17,19,20). The van der Waals surface area contributed by atoms with Gasteiger partial charge in [0.25, 0.3) is 0 Å². The quantitative estimate of drug-likeness (QED) is 0.119. The Balaban J connectivity index is 0.000000175. The van der Waals surface area contributed by atoms with Gasteiger partial charge in [0.15, 0.2) is 0 Å². The largest absolute Gasteiger partial charge is 0.389 e. The van der Waals surface area contributed by atoms with Crippen LogP contribution < -0.4 is 16.4 Å². The van der Waals surface area contributed by atoms with Gasteiger partial charge in [0, 0.05) is 23.8 Å². The molecule has 14 heteroatoms. The van der Waals surface area contributed by atoms with Crippen molar-refractivity contribution in [3.63, 3.8) is 0 Å². The van der Waals surface area contributed by atoms with Crippen molar-refractivity contribution in [1.82, 2.24) is 29.9 Å². The fourth-order valence-corrected chi connectivity index (χ4v) is 5.66. The summed E-state index contributed by atoms with van der Waals surface area (Å²) in [5.41, 5.74) is 13.6. The number of benzene rings is 2. The molecule has 0 atom stereocenters. The van der Waals surface area contributed by atoms with Crippen LogP contribution in [0, 0.1) is 37.8 Å². The maximum absolute atomic E-state index is 10.7. The zero-order valence-corrected chi connectivity index (χ0v) is 25.9. The summed E-state index contributed by atoms with van der Waals surface area (Å²) in [5.74, 6) is 0.969. The van der Waals surface area contributed by atoms with E-state index in [-0.39, 0.29) is 5.00 Å². The predicted octanol–water partition coefficient (Wildman–Crippen LogP) is 7.41. The Labute approximate surface area is 261 Å². The van der Waals surface area contributed by atoms with Crippen LogP contribution in [0.3, 0.4) is 0 Å². The first kappa shape index (κ1) is 30.1. The van der Waals surface area contributed by atoms with Crippen LogP contribution >= 0.6 is 22.7 Å². The number of anilines is 5. The van der Waals surface area contributed by atoms with Crippen molar-refractivity contribution in [3.05, 3.63) is 106 Å². The van der Waals surface area contributed by atoms with E-state index in [1.54, 1.807) is 24.7 Å². The number of nitro groups is 1. The normalized spacial score (nSPS) is 10.5. The number of nitrogens with one attached hydrogen (secondary N) is 2. The lowest BCUT2D eigenvalue weighted by Gasteiger charge is -2.07. The lowest BCUT2D eigenvalue weighted by atomic mass is 10.1. The van der Waals surface area contributed by atoms with Crippen molar-refractivity contribution >= 4 is 55.9 Å². The third-order valence-corrected chi connectivity index (χ3v) is 7.72. The van der Waals surface area contributed by atoms with Crippen LogP contribution in [0.4, 0.5) is 33.3 Å². The Bertz CT molecular complexity index is 1900. The number of aromatic nitrogens is 6. The van der Waals surface area contributed by atoms with E-state index in [1.807, 2.05) is 32.0 Å². The molecule has 0 aliphatic carbocycles. The zero-order valence-electron chi connectivity index (χ0n) is 24.3. The van der Waals surface area contributed by atoms with Crippen LogP contribution in [0.1, 0.15) is 22.3 Å². The van der Waals surface area contributed by atoms with Crippen molar-refractivity contribution in [2.24, 2.45) is 0 Å². The second-order valence-electron chi connectivity index (χ2n) is 9.86. The fourth-order valence-electron chi connectivity index (χ4n) is 4.30. The molecule has 2 aromatic carbocycles. The average molecular weight is 625 g/mol. The molecule has 0 spiro atoms. The predicted molar refractivity (Wildman–Crippen MR) is 176 cm³/mol. The third kappa shape index (κ3) is 7.93. The summed E-state index contributed by atoms with van der Waals surface area (Å²) < 4.78 is 0. The highest BCUT2D eigenvalue weighted by molar-refractivity contribution is 7.18. The van der Waals surface area contributed by atoms with Crippen molar-refractivity contribution in [2.75, 3.05) is 16.4 Å². The summed E-state index contributed by atoms with van der Waals surface area (Å²) in [6.07, 6.45) is 6.18. The molecular weight excluding hydrogens is 597 g/mol. The number of rotatable bonds is 7. The Morgan fingerprint density at radius 2 is 1.14 bits per heavy atom. The van der Waals surface area contributed by atoms with E-state index in [9.17, 15) is 10.1 Å². The first-order valence-corrected chi connectivity index (χ1v) is 14.9. The second kappa shape index (κ2) is 13.3. The molecule has 4 aromatic heterocycles. The number of thiazole rings is 2. The van der Waals surface area contributed by atoms with Gasteiger partial charge in [-0.1, -0.05) is 23.5 Å². The van der Waals surface area contributed by atoms with Gasteiger partial charge in [0.1, 0.15) is 32.6 Å². The zero-order chi connectivity index (χ0) is 31.2. The molecule has 12 nitrogen and oxygen atoms in total. The minimum absolute atomic E-state index is 0.0116. The highest BCUT2D eigenvalue weighted by atomic mass is 32.1. The minimum Gasteiger partial charge on any atom is -0.389 e. The SMILES string of the molecule is Cc1cc(C)cc(Nc2nccc(-c3ncc(N)s3)n2)c1.Cc1cc(C)cc(Nc2nccc(-c3ncc([N+](=O)[O-])s3)n2)c1. The fraction of sp³-hybridized carbons (Fsp3) is 0.133. The topological polar surface area (TPSA) is 171 Å². The van der Waals surface area contributed by atoms with Crippen LogP contribution in [0.15, 0.2) is 73.3 Å². The lowest BCUT2D eigenvalue weighted by molar-refractivity contribution is -0.380.